The quantitative estimate of drug-likeness (QED) is 0.726. The molecule has 0 unspecified atom stereocenters. The van der Waals surface area contributed by atoms with E-state index in [4.69, 9.17) is 0 Å². The molecule has 0 bridgehead atoms. The SMILES string of the molecule is CC(C)(C)CNC(=O)CCBr. The summed E-state index contributed by atoms with van der Waals surface area (Å²) in [6, 6.07) is 0. The van der Waals surface area contributed by atoms with E-state index < -0.39 is 0 Å². The number of hydrogen-bond acceptors (Lipinski definition) is 1. The lowest BCUT2D eigenvalue weighted by molar-refractivity contribution is -0.121. The number of hydrogen-bond donors (Lipinski definition) is 1. The molecular formula is C8H16BrNO. The van der Waals surface area contributed by atoms with Crippen molar-refractivity contribution in [1.29, 1.82) is 0 Å². The topological polar surface area (TPSA) is 29.1 Å². The molecule has 0 saturated carbocycles. The molecule has 0 aliphatic carbocycles. The van der Waals surface area contributed by atoms with E-state index in [9.17, 15) is 4.79 Å². The third kappa shape index (κ3) is 7.85. The van der Waals surface area contributed by atoms with Crippen LogP contribution in [0.3, 0.4) is 0 Å². The van der Waals surface area contributed by atoms with E-state index in [0.29, 0.717) is 6.42 Å². The van der Waals surface area contributed by atoms with Gasteiger partial charge in [0.05, 0.1) is 0 Å². The summed E-state index contributed by atoms with van der Waals surface area (Å²) in [5.41, 5.74) is 0.183. The molecule has 1 N–H and O–H groups in total. The van der Waals surface area contributed by atoms with Gasteiger partial charge < -0.3 is 5.32 Å². The molecular weight excluding hydrogens is 206 g/mol. The standard InChI is InChI=1S/C8H16BrNO/c1-8(2,3)6-10-7(11)4-5-9/h4-6H2,1-3H3,(H,10,11). The zero-order chi connectivity index (χ0) is 8.91. The van der Waals surface area contributed by atoms with E-state index in [1.54, 1.807) is 0 Å². The highest BCUT2D eigenvalue weighted by Crippen LogP contribution is 2.10. The van der Waals surface area contributed by atoms with Gasteiger partial charge in [-0.05, 0) is 5.41 Å². The Bertz CT molecular complexity index is 129. The number of amides is 1. The van der Waals surface area contributed by atoms with Crippen molar-refractivity contribution < 1.29 is 4.79 Å². The lowest BCUT2D eigenvalue weighted by Gasteiger charge is -2.18. The van der Waals surface area contributed by atoms with Crippen LogP contribution in [0.1, 0.15) is 27.2 Å². The first-order valence-electron chi connectivity index (χ1n) is 3.78. The number of rotatable bonds is 3. The summed E-state index contributed by atoms with van der Waals surface area (Å²) in [4.78, 5) is 10.9. The lowest BCUT2D eigenvalue weighted by atomic mass is 9.97. The van der Waals surface area contributed by atoms with E-state index in [0.717, 1.165) is 11.9 Å². The maximum atomic E-state index is 10.9. The van der Waals surface area contributed by atoms with Gasteiger partial charge in [0.15, 0.2) is 0 Å². The lowest BCUT2D eigenvalue weighted by Crippen LogP contribution is -2.32. The fraction of sp³-hybridized carbons (Fsp3) is 0.875. The van der Waals surface area contributed by atoms with E-state index in [2.05, 4.69) is 42.0 Å². The average molecular weight is 222 g/mol. The van der Waals surface area contributed by atoms with E-state index in [-0.39, 0.29) is 11.3 Å². The van der Waals surface area contributed by atoms with Gasteiger partial charge >= 0.3 is 0 Å². The summed E-state index contributed by atoms with van der Waals surface area (Å²) >= 11 is 3.21. The van der Waals surface area contributed by atoms with Gasteiger partial charge in [-0.15, -0.1) is 0 Å². The molecule has 0 aliphatic heterocycles. The van der Waals surface area contributed by atoms with Gasteiger partial charge in [-0.3, -0.25) is 4.79 Å². The Morgan fingerprint density at radius 3 is 2.36 bits per heavy atom. The number of carbonyl (C=O) groups is 1. The first-order chi connectivity index (χ1) is 4.95. The normalized spacial score (nSPS) is 11.3. The Balaban J connectivity index is 3.46. The van der Waals surface area contributed by atoms with Gasteiger partial charge in [-0.25, -0.2) is 0 Å². The number of nitrogens with one attached hydrogen (secondary N) is 1. The minimum atomic E-state index is 0.122. The second kappa shape index (κ2) is 4.75. The second-order valence-electron chi connectivity index (χ2n) is 3.78. The van der Waals surface area contributed by atoms with Gasteiger partial charge in [0.2, 0.25) is 5.91 Å². The predicted molar refractivity (Wildman–Crippen MR) is 50.9 cm³/mol. The molecule has 0 aliphatic rings. The molecule has 0 heterocycles. The molecule has 3 heteroatoms. The van der Waals surface area contributed by atoms with Crippen LogP contribution in [0, 0.1) is 5.41 Å². The smallest absolute Gasteiger partial charge is 0.220 e. The summed E-state index contributed by atoms with van der Waals surface area (Å²) < 4.78 is 0. The van der Waals surface area contributed by atoms with Crippen LogP contribution in [-0.2, 0) is 4.79 Å². The maximum Gasteiger partial charge on any atom is 0.220 e. The van der Waals surface area contributed by atoms with E-state index >= 15 is 0 Å². The van der Waals surface area contributed by atoms with Gasteiger partial charge in [-0.1, -0.05) is 36.7 Å². The molecule has 0 saturated heterocycles. The van der Waals surface area contributed by atoms with Gasteiger partial charge in [-0.2, -0.15) is 0 Å². The average Bonchev–Trinajstić information content (AvgIpc) is 1.83. The van der Waals surface area contributed by atoms with E-state index in [1.807, 2.05) is 0 Å². The van der Waals surface area contributed by atoms with Crippen molar-refractivity contribution in [3.05, 3.63) is 0 Å². The molecule has 0 rings (SSSR count). The highest BCUT2D eigenvalue weighted by Gasteiger charge is 2.10. The molecule has 0 atom stereocenters. The largest absolute Gasteiger partial charge is 0.356 e. The number of carbonyl (C=O) groups excluding carboxylic acids is 1. The molecule has 2 nitrogen and oxygen atoms in total. The Labute approximate surface area is 76.9 Å². The highest BCUT2D eigenvalue weighted by molar-refractivity contribution is 9.09. The van der Waals surface area contributed by atoms with Crippen molar-refractivity contribution in [2.75, 3.05) is 11.9 Å². The van der Waals surface area contributed by atoms with Gasteiger partial charge in [0.25, 0.3) is 0 Å². The Kier molecular flexibility index (Phi) is 4.73. The van der Waals surface area contributed by atoms with Gasteiger partial charge in [0.1, 0.15) is 0 Å². The van der Waals surface area contributed by atoms with Crippen LogP contribution in [0.2, 0.25) is 0 Å². The summed E-state index contributed by atoms with van der Waals surface area (Å²) in [6.45, 7) is 7.04. The second-order valence-corrected chi connectivity index (χ2v) is 4.57. The molecule has 0 fully saturated rings. The third-order valence-electron chi connectivity index (χ3n) is 1.14. The van der Waals surface area contributed by atoms with Crippen molar-refractivity contribution in [3.63, 3.8) is 0 Å². The summed E-state index contributed by atoms with van der Waals surface area (Å²) in [6.07, 6.45) is 0.566. The summed E-state index contributed by atoms with van der Waals surface area (Å²) in [5, 5.41) is 3.59. The zero-order valence-electron chi connectivity index (χ0n) is 7.41. The third-order valence-corrected chi connectivity index (χ3v) is 1.53. The summed E-state index contributed by atoms with van der Waals surface area (Å²) in [7, 11) is 0. The zero-order valence-corrected chi connectivity index (χ0v) is 8.99. The molecule has 11 heavy (non-hydrogen) atoms. The molecule has 66 valence electrons. The molecule has 0 aromatic heterocycles. The molecule has 0 aromatic rings. The van der Waals surface area contributed by atoms with Crippen molar-refractivity contribution in [3.8, 4) is 0 Å². The summed E-state index contributed by atoms with van der Waals surface area (Å²) in [5.74, 6) is 0.122. The van der Waals surface area contributed by atoms with Crippen LogP contribution in [0.4, 0.5) is 0 Å². The van der Waals surface area contributed by atoms with Crippen LogP contribution in [0.25, 0.3) is 0 Å². The fourth-order valence-corrected chi connectivity index (χ4v) is 0.898. The Hall–Kier alpha value is -0.0500. The van der Waals surface area contributed by atoms with Crippen LogP contribution in [0.15, 0.2) is 0 Å². The highest BCUT2D eigenvalue weighted by atomic mass is 79.9. The van der Waals surface area contributed by atoms with Crippen LogP contribution >= 0.6 is 15.9 Å². The first-order valence-corrected chi connectivity index (χ1v) is 4.90. The van der Waals surface area contributed by atoms with Crippen LogP contribution in [-0.4, -0.2) is 17.8 Å². The van der Waals surface area contributed by atoms with Crippen molar-refractivity contribution >= 4 is 21.8 Å². The fourth-order valence-electron chi connectivity index (χ4n) is 0.538. The predicted octanol–water partition coefficient (Wildman–Crippen LogP) is 1.93. The first kappa shape index (κ1) is 11.0. The molecule has 1 amide bonds. The van der Waals surface area contributed by atoms with E-state index in [1.165, 1.54) is 0 Å². The molecule has 0 aromatic carbocycles. The Morgan fingerprint density at radius 1 is 1.45 bits per heavy atom. The molecule has 0 radical (unpaired) electrons. The minimum Gasteiger partial charge on any atom is -0.356 e. The van der Waals surface area contributed by atoms with Crippen LogP contribution < -0.4 is 5.32 Å². The number of alkyl halides is 1. The van der Waals surface area contributed by atoms with Crippen molar-refractivity contribution in [2.45, 2.75) is 27.2 Å². The molecule has 0 spiro atoms. The minimum absolute atomic E-state index is 0.122. The monoisotopic (exact) mass is 221 g/mol. The maximum absolute atomic E-state index is 10.9. The van der Waals surface area contributed by atoms with Gasteiger partial charge in [0, 0.05) is 18.3 Å². The Morgan fingerprint density at radius 2 is 2.00 bits per heavy atom. The number of halogens is 1. The van der Waals surface area contributed by atoms with Crippen molar-refractivity contribution in [1.82, 2.24) is 5.32 Å². The van der Waals surface area contributed by atoms with Crippen molar-refractivity contribution in [2.24, 2.45) is 5.41 Å². The van der Waals surface area contributed by atoms with Crippen LogP contribution in [0.5, 0.6) is 0 Å².